The molecule has 1 saturated heterocycles. The summed E-state index contributed by atoms with van der Waals surface area (Å²) in [7, 11) is 0. The summed E-state index contributed by atoms with van der Waals surface area (Å²) in [5, 5.41) is 28.9. The largest absolute Gasteiger partial charge is 0.508 e. The Labute approximate surface area is 149 Å². The van der Waals surface area contributed by atoms with Crippen LogP contribution in [0.2, 0.25) is 0 Å². The SMILES string of the molecule is CCCC1(c2cccc(O)c2)CCN(CCc2ccc(O)c(O)c2)C1. The Bertz CT molecular complexity index is 731. The van der Waals surface area contributed by atoms with Crippen LogP contribution in [0.1, 0.15) is 37.3 Å². The predicted octanol–water partition coefficient (Wildman–Crippen LogP) is 3.79. The summed E-state index contributed by atoms with van der Waals surface area (Å²) < 4.78 is 0. The third-order valence-electron chi connectivity index (χ3n) is 5.38. The first-order chi connectivity index (χ1) is 12.0. The number of hydrogen-bond donors (Lipinski definition) is 3. The van der Waals surface area contributed by atoms with E-state index in [1.54, 1.807) is 18.2 Å². The fourth-order valence-electron chi connectivity index (χ4n) is 4.06. The van der Waals surface area contributed by atoms with Gasteiger partial charge in [0.15, 0.2) is 11.5 Å². The van der Waals surface area contributed by atoms with E-state index in [2.05, 4.69) is 17.9 Å². The van der Waals surface area contributed by atoms with Gasteiger partial charge in [-0.2, -0.15) is 0 Å². The van der Waals surface area contributed by atoms with Crippen LogP contribution in [-0.4, -0.2) is 39.9 Å². The van der Waals surface area contributed by atoms with E-state index in [0.29, 0.717) is 5.75 Å². The van der Waals surface area contributed by atoms with E-state index in [9.17, 15) is 15.3 Å². The molecule has 3 N–H and O–H groups in total. The van der Waals surface area contributed by atoms with Crippen LogP contribution in [0.15, 0.2) is 42.5 Å². The average molecular weight is 341 g/mol. The minimum atomic E-state index is -0.0734. The molecular weight excluding hydrogens is 314 g/mol. The minimum Gasteiger partial charge on any atom is -0.508 e. The van der Waals surface area contributed by atoms with Crippen LogP contribution >= 0.6 is 0 Å². The second kappa shape index (κ2) is 7.36. The first-order valence-corrected chi connectivity index (χ1v) is 9.05. The quantitative estimate of drug-likeness (QED) is 0.700. The van der Waals surface area contributed by atoms with Crippen molar-refractivity contribution in [1.29, 1.82) is 0 Å². The number of benzene rings is 2. The summed E-state index contributed by atoms with van der Waals surface area (Å²) >= 11 is 0. The van der Waals surface area contributed by atoms with Crippen LogP contribution in [0.5, 0.6) is 17.2 Å². The molecule has 1 aliphatic heterocycles. The van der Waals surface area contributed by atoms with E-state index in [1.165, 1.54) is 5.56 Å². The second-order valence-corrected chi connectivity index (χ2v) is 7.18. The van der Waals surface area contributed by atoms with Gasteiger partial charge in [-0.05, 0) is 61.2 Å². The third-order valence-corrected chi connectivity index (χ3v) is 5.38. The Morgan fingerprint density at radius 3 is 2.60 bits per heavy atom. The molecule has 0 saturated carbocycles. The standard InChI is InChI=1S/C21H27NO3/c1-2-9-21(17-4-3-5-18(23)14-17)10-12-22(15-21)11-8-16-6-7-19(24)20(25)13-16/h3-7,13-14,23-25H,2,8-12,15H2,1H3. The summed E-state index contributed by atoms with van der Waals surface area (Å²) in [6.45, 7) is 5.18. The van der Waals surface area contributed by atoms with Gasteiger partial charge in [-0.25, -0.2) is 0 Å². The zero-order valence-corrected chi connectivity index (χ0v) is 14.8. The van der Waals surface area contributed by atoms with Crippen molar-refractivity contribution in [2.75, 3.05) is 19.6 Å². The molecule has 0 radical (unpaired) electrons. The zero-order chi connectivity index (χ0) is 17.9. The van der Waals surface area contributed by atoms with E-state index in [4.69, 9.17) is 0 Å². The predicted molar refractivity (Wildman–Crippen MR) is 99.2 cm³/mol. The molecule has 2 aromatic carbocycles. The number of nitrogens with zero attached hydrogens (tertiary/aromatic N) is 1. The van der Waals surface area contributed by atoms with Gasteiger partial charge < -0.3 is 20.2 Å². The molecule has 0 spiro atoms. The summed E-state index contributed by atoms with van der Waals surface area (Å²) in [5.74, 6) is 0.209. The van der Waals surface area contributed by atoms with Gasteiger partial charge >= 0.3 is 0 Å². The van der Waals surface area contributed by atoms with Crippen LogP contribution in [0.4, 0.5) is 0 Å². The highest BCUT2D eigenvalue weighted by molar-refractivity contribution is 5.40. The molecule has 0 aliphatic carbocycles. The Hall–Kier alpha value is -2.20. The summed E-state index contributed by atoms with van der Waals surface area (Å²) in [6.07, 6.45) is 4.18. The van der Waals surface area contributed by atoms with Crippen molar-refractivity contribution < 1.29 is 15.3 Å². The summed E-state index contributed by atoms with van der Waals surface area (Å²) in [4.78, 5) is 2.46. The average Bonchev–Trinajstić information content (AvgIpc) is 3.01. The topological polar surface area (TPSA) is 63.9 Å². The second-order valence-electron chi connectivity index (χ2n) is 7.18. The molecule has 4 nitrogen and oxygen atoms in total. The number of phenols is 3. The Morgan fingerprint density at radius 2 is 1.88 bits per heavy atom. The highest BCUT2D eigenvalue weighted by atomic mass is 16.3. The smallest absolute Gasteiger partial charge is 0.157 e. The fraction of sp³-hybridized carbons (Fsp3) is 0.429. The molecule has 1 fully saturated rings. The highest BCUT2D eigenvalue weighted by Gasteiger charge is 2.38. The minimum absolute atomic E-state index is 0.0565. The molecule has 134 valence electrons. The van der Waals surface area contributed by atoms with E-state index in [1.807, 2.05) is 18.2 Å². The van der Waals surface area contributed by atoms with Crippen LogP contribution in [0, 0.1) is 0 Å². The lowest BCUT2D eigenvalue weighted by Crippen LogP contribution is -2.32. The molecule has 1 heterocycles. The van der Waals surface area contributed by atoms with Gasteiger partial charge in [-0.15, -0.1) is 0 Å². The number of hydrogen-bond acceptors (Lipinski definition) is 4. The number of phenolic OH excluding ortho intramolecular Hbond substituents is 3. The van der Waals surface area contributed by atoms with Gasteiger partial charge in [-0.3, -0.25) is 0 Å². The van der Waals surface area contributed by atoms with Gasteiger partial charge in [0.25, 0.3) is 0 Å². The van der Waals surface area contributed by atoms with E-state index < -0.39 is 0 Å². The van der Waals surface area contributed by atoms with Crippen LogP contribution in [-0.2, 0) is 11.8 Å². The van der Waals surface area contributed by atoms with Gasteiger partial charge in [-0.1, -0.05) is 31.5 Å². The Kier molecular flexibility index (Phi) is 5.19. The van der Waals surface area contributed by atoms with E-state index in [-0.39, 0.29) is 16.9 Å². The molecule has 4 heteroatoms. The maximum Gasteiger partial charge on any atom is 0.157 e. The first-order valence-electron chi connectivity index (χ1n) is 9.05. The van der Waals surface area contributed by atoms with Gasteiger partial charge in [0, 0.05) is 18.5 Å². The fourth-order valence-corrected chi connectivity index (χ4v) is 4.06. The van der Waals surface area contributed by atoms with E-state index >= 15 is 0 Å². The normalized spacial score (nSPS) is 20.8. The molecule has 0 bridgehead atoms. The van der Waals surface area contributed by atoms with Crippen molar-refractivity contribution in [1.82, 2.24) is 4.90 Å². The molecule has 25 heavy (non-hydrogen) atoms. The monoisotopic (exact) mass is 341 g/mol. The molecule has 1 atom stereocenters. The lowest BCUT2D eigenvalue weighted by Gasteiger charge is -2.30. The molecular formula is C21H27NO3. The third kappa shape index (κ3) is 3.90. The van der Waals surface area contributed by atoms with E-state index in [0.717, 1.165) is 50.9 Å². The van der Waals surface area contributed by atoms with Crippen molar-refractivity contribution in [2.24, 2.45) is 0 Å². The van der Waals surface area contributed by atoms with Gasteiger partial charge in [0.2, 0.25) is 0 Å². The van der Waals surface area contributed by atoms with Crippen molar-refractivity contribution in [3.63, 3.8) is 0 Å². The molecule has 2 aromatic rings. The Balaban J connectivity index is 1.68. The molecule has 1 aliphatic rings. The lowest BCUT2D eigenvalue weighted by atomic mass is 9.76. The number of aromatic hydroxyl groups is 3. The maximum atomic E-state index is 9.86. The summed E-state index contributed by atoms with van der Waals surface area (Å²) in [6, 6.07) is 12.8. The maximum absolute atomic E-state index is 9.86. The van der Waals surface area contributed by atoms with Gasteiger partial charge in [0.1, 0.15) is 5.75 Å². The highest BCUT2D eigenvalue weighted by Crippen LogP contribution is 2.39. The molecule has 0 aromatic heterocycles. The Morgan fingerprint density at radius 1 is 1.04 bits per heavy atom. The van der Waals surface area contributed by atoms with Gasteiger partial charge in [0.05, 0.1) is 0 Å². The van der Waals surface area contributed by atoms with Crippen LogP contribution in [0.3, 0.4) is 0 Å². The summed E-state index contributed by atoms with van der Waals surface area (Å²) in [5.41, 5.74) is 2.38. The number of rotatable bonds is 6. The van der Waals surface area contributed by atoms with Crippen molar-refractivity contribution in [2.45, 2.75) is 38.0 Å². The molecule has 0 amide bonds. The first kappa shape index (κ1) is 17.6. The van der Waals surface area contributed by atoms with Crippen LogP contribution in [0.25, 0.3) is 0 Å². The zero-order valence-electron chi connectivity index (χ0n) is 14.8. The van der Waals surface area contributed by atoms with Crippen LogP contribution < -0.4 is 0 Å². The lowest BCUT2D eigenvalue weighted by molar-refractivity contribution is 0.304. The molecule has 1 unspecified atom stereocenters. The number of likely N-dealkylation sites (tertiary alicyclic amines) is 1. The van der Waals surface area contributed by atoms with Crippen molar-refractivity contribution in [3.8, 4) is 17.2 Å². The van der Waals surface area contributed by atoms with Crippen molar-refractivity contribution in [3.05, 3.63) is 53.6 Å². The van der Waals surface area contributed by atoms with Crippen molar-refractivity contribution >= 4 is 0 Å². The molecule has 3 rings (SSSR count).